The summed E-state index contributed by atoms with van der Waals surface area (Å²) in [5.41, 5.74) is 0.784. The van der Waals surface area contributed by atoms with Crippen molar-refractivity contribution in [3.8, 4) is 17.1 Å². The van der Waals surface area contributed by atoms with E-state index in [0.29, 0.717) is 11.6 Å². The molecule has 7 nitrogen and oxygen atoms in total. The summed E-state index contributed by atoms with van der Waals surface area (Å²) in [4.78, 5) is 15.6. The van der Waals surface area contributed by atoms with Crippen LogP contribution in [0.5, 0.6) is 5.75 Å². The molecule has 7 heteroatoms. The second-order valence-corrected chi connectivity index (χ2v) is 3.79. The quantitative estimate of drug-likeness (QED) is 0.734. The Kier molecular flexibility index (Phi) is 4.09. The van der Waals surface area contributed by atoms with E-state index in [1.54, 1.807) is 14.2 Å². The van der Waals surface area contributed by atoms with E-state index in [1.165, 1.54) is 0 Å². The number of para-hydroxylation sites is 1. The smallest absolute Gasteiger partial charge is 0.249 e. The van der Waals surface area contributed by atoms with Gasteiger partial charge >= 0.3 is 0 Å². The zero-order valence-electron chi connectivity index (χ0n) is 10.7. The van der Waals surface area contributed by atoms with Crippen molar-refractivity contribution in [2.45, 2.75) is 0 Å². The first-order chi connectivity index (χ1) is 9.24. The molecule has 0 aliphatic rings. The second kappa shape index (κ2) is 5.96. The van der Waals surface area contributed by atoms with Crippen LogP contribution in [0, 0.1) is 0 Å². The largest absolute Gasteiger partial charge is 0.496 e. The van der Waals surface area contributed by atoms with Gasteiger partial charge in [0.15, 0.2) is 5.82 Å². The monoisotopic (exact) mass is 261 g/mol. The van der Waals surface area contributed by atoms with Crippen molar-refractivity contribution >= 4 is 11.9 Å². The number of aromatic nitrogens is 3. The highest BCUT2D eigenvalue weighted by atomic mass is 16.5. The third kappa shape index (κ3) is 3.08. The van der Waals surface area contributed by atoms with Gasteiger partial charge in [0.05, 0.1) is 19.2 Å². The number of likely N-dealkylation sites (N-methyl/N-ethyl adjacent to an activating group) is 1. The maximum Gasteiger partial charge on any atom is 0.249 e. The summed E-state index contributed by atoms with van der Waals surface area (Å²) in [5.74, 6) is 1.26. The molecule has 0 atom stereocenters. The van der Waals surface area contributed by atoms with Gasteiger partial charge in [0.1, 0.15) is 5.75 Å². The van der Waals surface area contributed by atoms with Gasteiger partial charge in [-0.3, -0.25) is 15.2 Å². The first kappa shape index (κ1) is 13.0. The number of amides is 1. The highest BCUT2D eigenvalue weighted by Gasteiger charge is 2.11. The fourth-order valence-corrected chi connectivity index (χ4v) is 1.61. The Morgan fingerprint density at radius 2 is 2.21 bits per heavy atom. The number of hydrogen-bond donors (Lipinski definition) is 3. The van der Waals surface area contributed by atoms with Crippen molar-refractivity contribution in [2.75, 3.05) is 26.0 Å². The lowest BCUT2D eigenvalue weighted by atomic mass is 10.2. The Morgan fingerprint density at radius 1 is 1.42 bits per heavy atom. The number of hydrogen-bond acceptors (Lipinski definition) is 5. The van der Waals surface area contributed by atoms with Gasteiger partial charge < -0.3 is 10.1 Å². The predicted octanol–water partition coefficient (Wildman–Crippen LogP) is 0.638. The van der Waals surface area contributed by atoms with Crippen LogP contribution in [0.15, 0.2) is 24.3 Å². The maximum atomic E-state index is 11.4. The van der Waals surface area contributed by atoms with Gasteiger partial charge in [0.25, 0.3) is 0 Å². The molecule has 1 aromatic carbocycles. The van der Waals surface area contributed by atoms with Crippen molar-refractivity contribution in [3.05, 3.63) is 24.3 Å². The van der Waals surface area contributed by atoms with Gasteiger partial charge in [-0.1, -0.05) is 12.1 Å². The summed E-state index contributed by atoms with van der Waals surface area (Å²) in [6.07, 6.45) is 0. The average molecular weight is 261 g/mol. The van der Waals surface area contributed by atoms with Crippen LogP contribution in [0.25, 0.3) is 11.4 Å². The lowest BCUT2D eigenvalue weighted by Gasteiger charge is -2.04. The van der Waals surface area contributed by atoms with Crippen molar-refractivity contribution < 1.29 is 9.53 Å². The van der Waals surface area contributed by atoms with Gasteiger partial charge in [-0.25, -0.2) is 0 Å². The van der Waals surface area contributed by atoms with Crippen LogP contribution in [0.2, 0.25) is 0 Å². The van der Waals surface area contributed by atoms with Crippen molar-refractivity contribution in [3.63, 3.8) is 0 Å². The van der Waals surface area contributed by atoms with E-state index in [1.807, 2.05) is 24.3 Å². The molecule has 0 unspecified atom stereocenters. The molecule has 0 saturated heterocycles. The molecule has 1 amide bonds. The van der Waals surface area contributed by atoms with Gasteiger partial charge in [-0.2, -0.15) is 4.98 Å². The van der Waals surface area contributed by atoms with Crippen LogP contribution >= 0.6 is 0 Å². The summed E-state index contributed by atoms with van der Waals surface area (Å²) >= 11 is 0. The molecule has 3 N–H and O–H groups in total. The molecule has 0 radical (unpaired) electrons. The summed E-state index contributed by atoms with van der Waals surface area (Å²) < 4.78 is 5.24. The van der Waals surface area contributed by atoms with E-state index in [-0.39, 0.29) is 18.4 Å². The number of nitrogens with zero attached hydrogens (tertiary/aromatic N) is 2. The number of carbonyl (C=O) groups is 1. The molecule has 0 spiro atoms. The van der Waals surface area contributed by atoms with Crippen LogP contribution in [0.1, 0.15) is 0 Å². The molecule has 1 aromatic heterocycles. The van der Waals surface area contributed by atoms with Crippen molar-refractivity contribution in [1.82, 2.24) is 20.5 Å². The number of benzene rings is 1. The molecule has 19 heavy (non-hydrogen) atoms. The zero-order valence-corrected chi connectivity index (χ0v) is 10.7. The lowest BCUT2D eigenvalue weighted by Crippen LogP contribution is -2.25. The standard InChI is InChI=1S/C12H15N5O2/c1-13-7-10(18)14-12-15-11(16-17-12)8-5-3-4-6-9(8)19-2/h3-6,13H,7H2,1-2H3,(H2,14,15,16,17,18). The molecule has 100 valence electrons. The summed E-state index contributed by atoms with van der Waals surface area (Å²) in [6, 6.07) is 7.43. The minimum absolute atomic E-state index is 0.201. The number of methoxy groups -OCH3 is 1. The summed E-state index contributed by atoms with van der Waals surface area (Å²) in [7, 11) is 3.28. The molecular weight excluding hydrogens is 246 g/mol. The normalized spacial score (nSPS) is 10.2. The highest BCUT2D eigenvalue weighted by molar-refractivity contribution is 5.90. The first-order valence-electron chi connectivity index (χ1n) is 5.75. The molecule has 0 bridgehead atoms. The number of aromatic amines is 1. The Morgan fingerprint density at radius 3 is 2.95 bits per heavy atom. The van der Waals surface area contributed by atoms with Crippen LogP contribution in [0.4, 0.5) is 5.95 Å². The highest BCUT2D eigenvalue weighted by Crippen LogP contribution is 2.26. The SMILES string of the molecule is CNCC(=O)Nc1n[nH]c(-c2ccccc2OC)n1. The third-order valence-electron chi connectivity index (χ3n) is 2.44. The van der Waals surface area contributed by atoms with Crippen LogP contribution in [0.3, 0.4) is 0 Å². The molecule has 1 heterocycles. The van der Waals surface area contributed by atoms with Crippen molar-refractivity contribution in [1.29, 1.82) is 0 Å². The fraction of sp³-hybridized carbons (Fsp3) is 0.250. The Balaban J connectivity index is 2.19. The lowest BCUT2D eigenvalue weighted by molar-refractivity contribution is -0.115. The summed E-state index contributed by atoms with van der Waals surface area (Å²) in [6.45, 7) is 0.207. The van der Waals surface area contributed by atoms with Gasteiger partial charge in [-0.05, 0) is 19.2 Å². The minimum atomic E-state index is -0.201. The number of anilines is 1. The number of H-pyrrole nitrogens is 1. The zero-order chi connectivity index (χ0) is 13.7. The second-order valence-electron chi connectivity index (χ2n) is 3.79. The van der Waals surface area contributed by atoms with Crippen LogP contribution in [-0.2, 0) is 4.79 Å². The van der Waals surface area contributed by atoms with Crippen LogP contribution < -0.4 is 15.4 Å². The Labute approximate surface area is 110 Å². The number of carbonyl (C=O) groups excluding carboxylic acids is 1. The van der Waals surface area contributed by atoms with E-state index in [4.69, 9.17) is 4.74 Å². The average Bonchev–Trinajstić information content (AvgIpc) is 2.87. The van der Waals surface area contributed by atoms with Gasteiger partial charge in [-0.15, -0.1) is 5.10 Å². The minimum Gasteiger partial charge on any atom is -0.496 e. The fourth-order valence-electron chi connectivity index (χ4n) is 1.61. The molecule has 0 fully saturated rings. The topological polar surface area (TPSA) is 91.9 Å². The molecule has 2 aromatic rings. The Bertz CT molecular complexity index is 567. The van der Waals surface area contributed by atoms with E-state index in [0.717, 1.165) is 5.56 Å². The third-order valence-corrected chi connectivity index (χ3v) is 2.44. The van der Waals surface area contributed by atoms with Gasteiger partial charge in [0, 0.05) is 0 Å². The molecular formula is C12H15N5O2. The van der Waals surface area contributed by atoms with E-state index < -0.39 is 0 Å². The van der Waals surface area contributed by atoms with E-state index >= 15 is 0 Å². The molecule has 2 rings (SSSR count). The first-order valence-corrected chi connectivity index (χ1v) is 5.75. The molecule has 0 aliphatic carbocycles. The predicted molar refractivity (Wildman–Crippen MR) is 70.9 cm³/mol. The van der Waals surface area contributed by atoms with Gasteiger partial charge in [0.2, 0.25) is 11.9 Å². The number of nitrogens with one attached hydrogen (secondary N) is 3. The number of rotatable bonds is 5. The molecule has 0 aliphatic heterocycles. The van der Waals surface area contributed by atoms with Crippen LogP contribution in [-0.4, -0.2) is 41.8 Å². The number of ether oxygens (including phenoxy) is 1. The van der Waals surface area contributed by atoms with E-state index in [2.05, 4.69) is 25.8 Å². The van der Waals surface area contributed by atoms with E-state index in [9.17, 15) is 4.79 Å². The summed E-state index contributed by atoms with van der Waals surface area (Å²) in [5, 5.41) is 12.0. The van der Waals surface area contributed by atoms with Crippen molar-refractivity contribution in [2.24, 2.45) is 0 Å². The molecule has 0 saturated carbocycles. The Hall–Kier alpha value is -2.41. The maximum absolute atomic E-state index is 11.4.